The zero-order valence-electron chi connectivity index (χ0n) is 19.8. The lowest BCUT2D eigenvalue weighted by atomic mass is 10.0. The van der Waals surface area contributed by atoms with Gasteiger partial charge in [-0.15, -0.1) is 0 Å². The van der Waals surface area contributed by atoms with E-state index in [1.807, 2.05) is 34.8 Å². The van der Waals surface area contributed by atoms with Crippen LogP contribution in [0, 0.1) is 6.92 Å². The Morgan fingerprint density at radius 2 is 1.91 bits per heavy atom. The molecule has 2 amide bonds. The monoisotopic (exact) mass is 514 g/mol. The fourth-order valence-electron chi connectivity index (χ4n) is 4.31. The largest absolute Gasteiger partial charge is 0.497 e. The maximum Gasteiger partial charge on any atom is 0.253 e. The van der Waals surface area contributed by atoms with Gasteiger partial charge >= 0.3 is 0 Å². The average molecular weight is 515 g/mol. The van der Waals surface area contributed by atoms with Crippen LogP contribution in [0.5, 0.6) is 5.75 Å². The number of ether oxygens (including phenoxy) is 1. The van der Waals surface area contributed by atoms with E-state index < -0.39 is 0 Å². The van der Waals surface area contributed by atoms with E-state index in [-0.39, 0.29) is 24.3 Å². The summed E-state index contributed by atoms with van der Waals surface area (Å²) in [4.78, 5) is 27.3. The lowest BCUT2D eigenvalue weighted by Gasteiger charge is -2.32. The standard InChI is InChI=1S/C26H28Cl2N4O3/c1-17-11-19(14-23(12-17)35-2)26(34)31-9-7-22(8-10-31)32-16-21(15-29-32)30-25(33)6-3-18-13-20(27)4-5-24(18)28/h4-5,11-16,22H,3,6-10H2,1-2H3,(H,30,33). The van der Waals surface area contributed by atoms with Crippen molar-refractivity contribution in [3.05, 3.63) is 75.5 Å². The molecule has 1 saturated heterocycles. The van der Waals surface area contributed by atoms with Crippen LogP contribution in [-0.4, -0.2) is 46.7 Å². The number of benzene rings is 2. The van der Waals surface area contributed by atoms with Gasteiger partial charge in [0.05, 0.1) is 25.0 Å². The van der Waals surface area contributed by atoms with E-state index >= 15 is 0 Å². The second kappa shape index (κ2) is 11.1. The Labute approximate surface area is 215 Å². The van der Waals surface area contributed by atoms with Crippen LogP contribution in [-0.2, 0) is 11.2 Å². The van der Waals surface area contributed by atoms with Crippen LogP contribution >= 0.6 is 23.2 Å². The third-order valence-corrected chi connectivity index (χ3v) is 6.78. The van der Waals surface area contributed by atoms with E-state index in [0.29, 0.717) is 46.6 Å². The number of piperidine rings is 1. The van der Waals surface area contributed by atoms with Gasteiger partial charge in [-0.05, 0) is 73.7 Å². The van der Waals surface area contributed by atoms with Crippen LogP contribution in [0.25, 0.3) is 0 Å². The lowest BCUT2D eigenvalue weighted by Crippen LogP contribution is -2.39. The molecular formula is C26H28Cl2N4O3. The summed E-state index contributed by atoms with van der Waals surface area (Å²) < 4.78 is 7.18. The number of likely N-dealkylation sites (tertiary alicyclic amines) is 1. The van der Waals surface area contributed by atoms with Crippen molar-refractivity contribution < 1.29 is 14.3 Å². The van der Waals surface area contributed by atoms with Crippen molar-refractivity contribution in [2.24, 2.45) is 0 Å². The molecule has 1 aliphatic rings. The van der Waals surface area contributed by atoms with Gasteiger partial charge < -0.3 is 15.0 Å². The molecule has 35 heavy (non-hydrogen) atoms. The Kier molecular flexibility index (Phi) is 7.98. The van der Waals surface area contributed by atoms with Crippen molar-refractivity contribution in [3.63, 3.8) is 0 Å². The smallest absolute Gasteiger partial charge is 0.253 e. The van der Waals surface area contributed by atoms with Crippen molar-refractivity contribution in [1.82, 2.24) is 14.7 Å². The van der Waals surface area contributed by atoms with Crippen LogP contribution in [0.15, 0.2) is 48.8 Å². The summed E-state index contributed by atoms with van der Waals surface area (Å²) in [5.74, 6) is 0.582. The highest BCUT2D eigenvalue weighted by molar-refractivity contribution is 6.33. The van der Waals surface area contributed by atoms with E-state index in [9.17, 15) is 9.59 Å². The SMILES string of the molecule is COc1cc(C)cc(C(=O)N2CCC(n3cc(NC(=O)CCc4cc(Cl)ccc4Cl)cn3)CC2)c1. The number of hydrogen-bond acceptors (Lipinski definition) is 4. The fourth-order valence-corrected chi connectivity index (χ4v) is 4.72. The van der Waals surface area contributed by atoms with Gasteiger partial charge in [0.25, 0.3) is 5.91 Å². The van der Waals surface area contributed by atoms with E-state index in [2.05, 4.69) is 10.4 Å². The van der Waals surface area contributed by atoms with Crippen LogP contribution < -0.4 is 10.1 Å². The number of nitrogens with one attached hydrogen (secondary N) is 1. The van der Waals surface area contributed by atoms with E-state index in [4.69, 9.17) is 27.9 Å². The molecule has 1 N–H and O–H groups in total. The minimum atomic E-state index is -0.116. The fraction of sp³-hybridized carbons (Fsp3) is 0.346. The van der Waals surface area contributed by atoms with Gasteiger partial charge in [0.15, 0.2) is 0 Å². The Hall–Kier alpha value is -3.03. The molecule has 2 heterocycles. The second-order valence-corrected chi connectivity index (χ2v) is 9.60. The first-order chi connectivity index (χ1) is 16.8. The molecule has 4 rings (SSSR count). The van der Waals surface area contributed by atoms with Gasteiger partial charge in [0.1, 0.15) is 5.75 Å². The highest BCUT2D eigenvalue weighted by atomic mass is 35.5. The second-order valence-electron chi connectivity index (χ2n) is 8.76. The van der Waals surface area contributed by atoms with E-state index in [1.165, 1.54) is 0 Å². The minimum Gasteiger partial charge on any atom is -0.497 e. The van der Waals surface area contributed by atoms with Gasteiger partial charge in [-0.3, -0.25) is 14.3 Å². The summed E-state index contributed by atoms with van der Waals surface area (Å²) >= 11 is 12.2. The molecule has 0 radical (unpaired) electrons. The maximum absolute atomic E-state index is 13.0. The number of nitrogens with zero attached hydrogens (tertiary/aromatic N) is 3. The molecule has 9 heteroatoms. The topological polar surface area (TPSA) is 76.5 Å². The number of amides is 2. The van der Waals surface area contributed by atoms with Gasteiger partial charge in [-0.1, -0.05) is 23.2 Å². The number of methoxy groups -OCH3 is 1. The average Bonchev–Trinajstić information content (AvgIpc) is 3.32. The minimum absolute atomic E-state index is 0.0127. The Morgan fingerprint density at radius 1 is 1.14 bits per heavy atom. The molecule has 0 saturated carbocycles. The highest BCUT2D eigenvalue weighted by Crippen LogP contribution is 2.26. The number of aromatic nitrogens is 2. The molecular weight excluding hydrogens is 487 g/mol. The predicted octanol–water partition coefficient (Wildman–Crippen LogP) is 5.56. The predicted molar refractivity (Wildman–Crippen MR) is 138 cm³/mol. The number of anilines is 1. The third kappa shape index (κ3) is 6.35. The quantitative estimate of drug-likeness (QED) is 0.447. The molecule has 1 aliphatic heterocycles. The molecule has 1 fully saturated rings. The van der Waals surface area contributed by atoms with Crippen LogP contribution in [0.4, 0.5) is 5.69 Å². The number of carbonyl (C=O) groups is 2. The first kappa shape index (κ1) is 25.1. The van der Waals surface area contributed by atoms with Crippen molar-refractivity contribution in [2.75, 3.05) is 25.5 Å². The summed E-state index contributed by atoms with van der Waals surface area (Å²) in [6, 6.07) is 11.0. The van der Waals surface area contributed by atoms with Crippen molar-refractivity contribution in [3.8, 4) is 5.75 Å². The molecule has 7 nitrogen and oxygen atoms in total. The van der Waals surface area contributed by atoms with Crippen molar-refractivity contribution >= 4 is 40.7 Å². The van der Waals surface area contributed by atoms with Crippen LogP contribution in [0.1, 0.15) is 46.8 Å². The number of halogens is 2. The maximum atomic E-state index is 13.0. The highest BCUT2D eigenvalue weighted by Gasteiger charge is 2.25. The van der Waals surface area contributed by atoms with Gasteiger partial charge in [-0.2, -0.15) is 5.10 Å². The first-order valence-corrected chi connectivity index (χ1v) is 12.3. The number of rotatable bonds is 7. The molecule has 0 atom stereocenters. The first-order valence-electron chi connectivity index (χ1n) is 11.6. The number of hydrogen-bond donors (Lipinski definition) is 1. The van der Waals surface area contributed by atoms with Crippen LogP contribution in [0.2, 0.25) is 10.0 Å². The van der Waals surface area contributed by atoms with Gasteiger partial charge in [-0.25, -0.2) is 0 Å². The summed E-state index contributed by atoms with van der Waals surface area (Å²) in [5.41, 5.74) is 3.13. The Balaban J connectivity index is 1.29. The molecule has 0 spiro atoms. The summed E-state index contributed by atoms with van der Waals surface area (Å²) in [7, 11) is 1.60. The third-order valence-electron chi connectivity index (χ3n) is 6.17. The molecule has 1 aromatic heterocycles. The number of aryl methyl sites for hydroxylation is 2. The molecule has 0 aliphatic carbocycles. The Morgan fingerprint density at radius 3 is 2.66 bits per heavy atom. The van der Waals surface area contributed by atoms with Crippen molar-refractivity contribution in [2.45, 2.75) is 38.6 Å². The van der Waals surface area contributed by atoms with Gasteiger partial charge in [0, 0.05) is 41.3 Å². The zero-order chi connectivity index (χ0) is 24.9. The Bertz CT molecular complexity index is 1220. The molecule has 0 bridgehead atoms. The molecule has 184 valence electrons. The lowest BCUT2D eigenvalue weighted by molar-refractivity contribution is -0.116. The van der Waals surface area contributed by atoms with E-state index in [1.54, 1.807) is 37.6 Å². The summed E-state index contributed by atoms with van der Waals surface area (Å²) in [6.45, 7) is 3.23. The van der Waals surface area contributed by atoms with Crippen molar-refractivity contribution in [1.29, 1.82) is 0 Å². The summed E-state index contributed by atoms with van der Waals surface area (Å²) in [6.07, 6.45) is 5.86. The molecule has 0 unspecified atom stereocenters. The normalized spacial score (nSPS) is 14.1. The zero-order valence-corrected chi connectivity index (χ0v) is 21.3. The summed E-state index contributed by atoms with van der Waals surface area (Å²) in [5, 5.41) is 8.53. The molecule has 2 aromatic carbocycles. The number of carbonyl (C=O) groups excluding carboxylic acids is 2. The van der Waals surface area contributed by atoms with Gasteiger partial charge in [0.2, 0.25) is 5.91 Å². The van der Waals surface area contributed by atoms with E-state index in [0.717, 1.165) is 24.0 Å². The molecule has 3 aromatic rings. The van der Waals surface area contributed by atoms with Crippen LogP contribution in [0.3, 0.4) is 0 Å².